The van der Waals surface area contributed by atoms with E-state index in [9.17, 15) is 0 Å². The first kappa shape index (κ1) is 11.7. The summed E-state index contributed by atoms with van der Waals surface area (Å²) >= 11 is 0. The topological polar surface area (TPSA) is 41.6 Å². The number of hydrogen-bond acceptors (Lipinski definition) is 2. The molecule has 0 aromatic carbocycles. The Morgan fingerprint density at radius 3 is 2.40 bits per heavy atom. The Morgan fingerprint density at radius 2 is 1.80 bits per heavy atom. The van der Waals surface area contributed by atoms with Crippen LogP contribution < -0.4 is 0 Å². The van der Waals surface area contributed by atoms with E-state index >= 15 is 0 Å². The van der Waals surface area contributed by atoms with Crippen molar-refractivity contribution in [2.45, 2.75) is 40.0 Å². The minimum atomic E-state index is 0.151. The maximum absolute atomic E-state index is 4.29. The molecule has 0 fully saturated rings. The first-order valence-electron chi connectivity index (χ1n) is 5.37. The Morgan fingerprint density at radius 1 is 1.13 bits per heavy atom. The number of pyridine rings is 1. The molecular weight excluding hydrogens is 186 g/mol. The standard InChI is InChI=1S/C10H13N3.C2H6/c1-10(2,3)8-4-7-5-12-13-9(7)11-6-8;1-2/h4-6H,1-3H3,(H,11,12,13);1-2H3. The number of fused-ring (bicyclic) bond motifs is 1. The molecule has 0 unspecified atom stereocenters. The summed E-state index contributed by atoms with van der Waals surface area (Å²) in [6.45, 7) is 10.5. The molecule has 1 N–H and O–H groups in total. The summed E-state index contributed by atoms with van der Waals surface area (Å²) < 4.78 is 0. The molecular formula is C12H19N3. The van der Waals surface area contributed by atoms with Crippen molar-refractivity contribution in [2.24, 2.45) is 0 Å². The van der Waals surface area contributed by atoms with Gasteiger partial charge in [0.1, 0.15) is 0 Å². The molecule has 3 heteroatoms. The van der Waals surface area contributed by atoms with Gasteiger partial charge in [-0.05, 0) is 17.0 Å². The van der Waals surface area contributed by atoms with Crippen LogP contribution in [0, 0.1) is 0 Å². The fraction of sp³-hybridized carbons (Fsp3) is 0.500. The van der Waals surface area contributed by atoms with Gasteiger partial charge < -0.3 is 0 Å². The second-order valence-electron chi connectivity index (χ2n) is 4.28. The zero-order valence-corrected chi connectivity index (χ0v) is 10.1. The van der Waals surface area contributed by atoms with Crippen LogP contribution in [0.5, 0.6) is 0 Å². The van der Waals surface area contributed by atoms with Gasteiger partial charge in [-0.2, -0.15) is 5.10 Å². The molecule has 0 aliphatic carbocycles. The maximum atomic E-state index is 4.29. The Labute approximate surface area is 90.9 Å². The summed E-state index contributed by atoms with van der Waals surface area (Å²) in [5.74, 6) is 0. The van der Waals surface area contributed by atoms with Gasteiger partial charge in [-0.15, -0.1) is 0 Å². The molecule has 3 nitrogen and oxygen atoms in total. The van der Waals surface area contributed by atoms with Crippen molar-refractivity contribution in [1.82, 2.24) is 15.2 Å². The quantitative estimate of drug-likeness (QED) is 0.717. The lowest BCUT2D eigenvalue weighted by Crippen LogP contribution is -2.11. The number of rotatable bonds is 0. The van der Waals surface area contributed by atoms with E-state index in [4.69, 9.17) is 0 Å². The van der Waals surface area contributed by atoms with E-state index in [0.717, 1.165) is 11.0 Å². The maximum Gasteiger partial charge on any atom is 0.155 e. The van der Waals surface area contributed by atoms with Gasteiger partial charge in [0, 0.05) is 11.6 Å². The van der Waals surface area contributed by atoms with E-state index in [2.05, 4.69) is 42.0 Å². The first-order valence-corrected chi connectivity index (χ1v) is 5.37. The van der Waals surface area contributed by atoms with Gasteiger partial charge in [0.05, 0.1) is 6.20 Å². The SMILES string of the molecule is CC.CC(C)(C)c1cnc2[nH]ncc2c1. The summed E-state index contributed by atoms with van der Waals surface area (Å²) in [5.41, 5.74) is 2.24. The van der Waals surface area contributed by atoms with Crippen molar-refractivity contribution in [2.75, 3.05) is 0 Å². The molecule has 0 aliphatic rings. The molecule has 0 radical (unpaired) electrons. The molecule has 0 saturated carbocycles. The summed E-state index contributed by atoms with van der Waals surface area (Å²) in [6, 6.07) is 2.13. The highest BCUT2D eigenvalue weighted by Gasteiger charge is 2.14. The average molecular weight is 205 g/mol. The lowest BCUT2D eigenvalue weighted by molar-refractivity contribution is 0.588. The molecule has 2 rings (SSSR count). The molecule has 0 atom stereocenters. The Hall–Kier alpha value is -1.38. The summed E-state index contributed by atoms with van der Waals surface area (Å²) in [6.07, 6.45) is 3.71. The summed E-state index contributed by atoms with van der Waals surface area (Å²) in [4.78, 5) is 4.29. The minimum Gasteiger partial charge on any atom is -0.261 e. The van der Waals surface area contributed by atoms with Crippen LogP contribution in [-0.2, 0) is 5.41 Å². The molecule has 0 amide bonds. The van der Waals surface area contributed by atoms with Crippen molar-refractivity contribution in [3.63, 3.8) is 0 Å². The van der Waals surface area contributed by atoms with Crippen LogP contribution in [-0.4, -0.2) is 15.2 Å². The number of aromatic nitrogens is 3. The molecule has 2 aromatic rings. The summed E-state index contributed by atoms with van der Waals surface area (Å²) in [7, 11) is 0. The highest BCUT2D eigenvalue weighted by molar-refractivity contribution is 5.74. The van der Waals surface area contributed by atoms with Crippen molar-refractivity contribution in [3.05, 3.63) is 24.0 Å². The molecule has 2 heterocycles. The number of hydrogen-bond donors (Lipinski definition) is 1. The molecule has 0 spiro atoms. The molecule has 0 bridgehead atoms. The van der Waals surface area contributed by atoms with Crippen LogP contribution in [0.25, 0.3) is 11.0 Å². The molecule has 0 saturated heterocycles. The third kappa shape index (κ3) is 2.55. The lowest BCUT2D eigenvalue weighted by atomic mass is 9.88. The number of aromatic amines is 1. The van der Waals surface area contributed by atoms with Crippen molar-refractivity contribution >= 4 is 11.0 Å². The first-order chi connectivity index (χ1) is 7.07. The molecule has 2 aromatic heterocycles. The lowest BCUT2D eigenvalue weighted by Gasteiger charge is -2.17. The monoisotopic (exact) mass is 205 g/mol. The predicted molar refractivity (Wildman–Crippen MR) is 63.9 cm³/mol. The van der Waals surface area contributed by atoms with Gasteiger partial charge in [-0.1, -0.05) is 34.6 Å². The highest BCUT2D eigenvalue weighted by Crippen LogP contribution is 2.23. The zero-order chi connectivity index (χ0) is 11.5. The van der Waals surface area contributed by atoms with Gasteiger partial charge in [-0.25, -0.2) is 4.98 Å². The van der Waals surface area contributed by atoms with Crippen LogP contribution in [0.1, 0.15) is 40.2 Å². The molecule has 0 aliphatic heterocycles. The highest BCUT2D eigenvalue weighted by atomic mass is 15.1. The van der Waals surface area contributed by atoms with E-state index in [1.165, 1.54) is 5.56 Å². The van der Waals surface area contributed by atoms with E-state index in [1.807, 2.05) is 20.0 Å². The van der Waals surface area contributed by atoms with Gasteiger partial charge in [0.15, 0.2) is 5.65 Å². The van der Waals surface area contributed by atoms with E-state index < -0.39 is 0 Å². The van der Waals surface area contributed by atoms with Crippen LogP contribution in [0.4, 0.5) is 0 Å². The van der Waals surface area contributed by atoms with Gasteiger partial charge in [-0.3, -0.25) is 5.10 Å². The van der Waals surface area contributed by atoms with Crippen molar-refractivity contribution in [1.29, 1.82) is 0 Å². The predicted octanol–water partition coefficient (Wildman–Crippen LogP) is 3.28. The molecule has 82 valence electrons. The van der Waals surface area contributed by atoms with Crippen molar-refractivity contribution in [3.8, 4) is 0 Å². The third-order valence-electron chi connectivity index (χ3n) is 2.16. The van der Waals surface area contributed by atoms with E-state index in [0.29, 0.717) is 0 Å². The second kappa shape index (κ2) is 4.43. The Kier molecular flexibility index (Phi) is 3.45. The van der Waals surface area contributed by atoms with Crippen LogP contribution >= 0.6 is 0 Å². The van der Waals surface area contributed by atoms with Crippen LogP contribution in [0.2, 0.25) is 0 Å². The smallest absolute Gasteiger partial charge is 0.155 e. The fourth-order valence-corrected chi connectivity index (χ4v) is 1.25. The Bertz CT molecular complexity index is 424. The zero-order valence-electron chi connectivity index (χ0n) is 10.1. The fourth-order valence-electron chi connectivity index (χ4n) is 1.25. The number of nitrogens with zero attached hydrogens (tertiary/aromatic N) is 2. The third-order valence-corrected chi connectivity index (χ3v) is 2.16. The molecule has 15 heavy (non-hydrogen) atoms. The van der Waals surface area contributed by atoms with Crippen LogP contribution in [0.3, 0.4) is 0 Å². The summed E-state index contributed by atoms with van der Waals surface area (Å²) in [5, 5.41) is 7.85. The van der Waals surface area contributed by atoms with Crippen LogP contribution in [0.15, 0.2) is 18.5 Å². The Balaban J connectivity index is 0.000000531. The normalized spacial score (nSPS) is 11.0. The van der Waals surface area contributed by atoms with E-state index in [-0.39, 0.29) is 5.41 Å². The largest absolute Gasteiger partial charge is 0.261 e. The van der Waals surface area contributed by atoms with E-state index in [1.54, 1.807) is 6.20 Å². The van der Waals surface area contributed by atoms with Crippen molar-refractivity contribution < 1.29 is 0 Å². The van der Waals surface area contributed by atoms with Gasteiger partial charge in [0.25, 0.3) is 0 Å². The van der Waals surface area contributed by atoms with Gasteiger partial charge in [0.2, 0.25) is 0 Å². The number of nitrogens with one attached hydrogen (secondary N) is 1. The second-order valence-corrected chi connectivity index (χ2v) is 4.28. The average Bonchev–Trinajstić information content (AvgIpc) is 2.66. The number of H-pyrrole nitrogens is 1. The minimum absolute atomic E-state index is 0.151. The van der Waals surface area contributed by atoms with Gasteiger partial charge >= 0.3 is 0 Å².